The summed E-state index contributed by atoms with van der Waals surface area (Å²) in [5.41, 5.74) is 2.39. The molecule has 0 bridgehead atoms. The summed E-state index contributed by atoms with van der Waals surface area (Å²) in [6.07, 6.45) is -0.608. The Morgan fingerprint density at radius 2 is 1.90 bits per heavy atom. The normalized spacial score (nSPS) is 21.3. The summed E-state index contributed by atoms with van der Waals surface area (Å²) >= 11 is 0. The predicted molar refractivity (Wildman–Crippen MR) is 105 cm³/mol. The van der Waals surface area contributed by atoms with Gasteiger partial charge in [-0.05, 0) is 24.3 Å². The Hall–Kier alpha value is -3.11. The number of amides is 1. The minimum Gasteiger partial charge on any atom is -0.441 e. The molecule has 0 radical (unpaired) electrons. The van der Waals surface area contributed by atoms with Crippen molar-refractivity contribution >= 4 is 27.7 Å². The van der Waals surface area contributed by atoms with Gasteiger partial charge in [0.15, 0.2) is 5.84 Å². The molecule has 9 nitrogen and oxygen atoms in total. The zero-order valence-corrected chi connectivity index (χ0v) is 16.3. The second-order valence-corrected chi connectivity index (χ2v) is 8.28. The van der Waals surface area contributed by atoms with E-state index in [1.54, 1.807) is 12.1 Å². The maximum Gasteiger partial charge on any atom is 0.414 e. The fraction of sp³-hybridized carbons (Fsp3) is 0.263. The van der Waals surface area contributed by atoms with Crippen molar-refractivity contribution in [1.82, 2.24) is 5.32 Å². The van der Waals surface area contributed by atoms with Crippen molar-refractivity contribution in [2.75, 3.05) is 24.3 Å². The molecule has 0 spiro atoms. The number of hydrogen-bond donors (Lipinski definition) is 1. The number of nitrogens with one attached hydrogen (secondary N) is 1. The molecule has 2 aliphatic heterocycles. The Bertz CT molecular complexity index is 1020. The van der Waals surface area contributed by atoms with Gasteiger partial charge in [-0.15, -0.1) is 0 Å². The molecular weight excluding hydrogens is 398 g/mol. The zero-order chi connectivity index (χ0) is 20.4. The molecule has 0 aliphatic carbocycles. The third-order valence-corrected chi connectivity index (χ3v) is 4.98. The molecule has 2 aliphatic rings. The zero-order valence-electron chi connectivity index (χ0n) is 15.5. The summed E-state index contributed by atoms with van der Waals surface area (Å²) in [4.78, 5) is 19.0. The van der Waals surface area contributed by atoms with Gasteiger partial charge in [-0.2, -0.15) is 8.42 Å². The van der Waals surface area contributed by atoms with Crippen LogP contribution in [0, 0.1) is 0 Å². The van der Waals surface area contributed by atoms with E-state index in [1.165, 1.54) is 4.90 Å². The van der Waals surface area contributed by atoms with Gasteiger partial charge in [0.1, 0.15) is 12.7 Å². The van der Waals surface area contributed by atoms with E-state index in [1.807, 2.05) is 42.5 Å². The summed E-state index contributed by atoms with van der Waals surface area (Å²) in [6.45, 7) is -0.00974. The first-order chi connectivity index (χ1) is 13.9. The smallest absolute Gasteiger partial charge is 0.414 e. The second kappa shape index (κ2) is 7.72. The van der Waals surface area contributed by atoms with Gasteiger partial charge in [-0.1, -0.05) is 35.5 Å². The van der Waals surface area contributed by atoms with Gasteiger partial charge in [0.2, 0.25) is 6.23 Å². The lowest BCUT2D eigenvalue weighted by Crippen LogP contribution is -2.27. The number of carbonyl (C=O) groups excluding carboxylic acids is 1. The summed E-state index contributed by atoms with van der Waals surface area (Å²) < 4.78 is 32.1. The van der Waals surface area contributed by atoms with Gasteiger partial charge >= 0.3 is 6.09 Å². The minimum atomic E-state index is -3.59. The second-order valence-electron chi connectivity index (χ2n) is 6.63. The van der Waals surface area contributed by atoms with E-state index in [-0.39, 0.29) is 19.4 Å². The number of amidine groups is 1. The average Bonchev–Trinajstić information content (AvgIpc) is 3.34. The lowest BCUT2D eigenvalue weighted by Gasteiger charge is -2.14. The Labute approximate surface area is 168 Å². The van der Waals surface area contributed by atoms with Crippen LogP contribution in [0.15, 0.2) is 59.8 Å². The van der Waals surface area contributed by atoms with Crippen LogP contribution in [-0.4, -0.2) is 45.9 Å². The van der Waals surface area contributed by atoms with Crippen LogP contribution in [0.2, 0.25) is 0 Å². The van der Waals surface area contributed by atoms with Gasteiger partial charge in [0.05, 0.1) is 12.8 Å². The van der Waals surface area contributed by atoms with E-state index in [4.69, 9.17) is 13.8 Å². The van der Waals surface area contributed by atoms with Crippen molar-refractivity contribution in [2.24, 2.45) is 5.16 Å². The summed E-state index contributed by atoms with van der Waals surface area (Å²) in [7, 11) is -3.59. The van der Waals surface area contributed by atoms with E-state index in [0.29, 0.717) is 11.5 Å². The molecule has 152 valence electrons. The van der Waals surface area contributed by atoms with Crippen LogP contribution in [0.4, 0.5) is 10.5 Å². The molecule has 2 unspecified atom stereocenters. The number of hydrogen-bond acceptors (Lipinski definition) is 8. The third-order valence-electron chi connectivity index (χ3n) is 4.41. The highest BCUT2D eigenvalue weighted by Crippen LogP contribution is 2.25. The molecule has 2 aromatic rings. The van der Waals surface area contributed by atoms with Gasteiger partial charge in [0.25, 0.3) is 10.1 Å². The Morgan fingerprint density at radius 3 is 2.59 bits per heavy atom. The number of carbonyl (C=O) groups is 1. The first kappa shape index (κ1) is 19.2. The Kier molecular flexibility index (Phi) is 5.12. The van der Waals surface area contributed by atoms with Gasteiger partial charge in [-0.25, -0.2) is 4.79 Å². The largest absolute Gasteiger partial charge is 0.441 e. The average molecular weight is 417 g/mol. The first-order valence-corrected chi connectivity index (χ1v) is 10.7. The van der Waals surface area contributed by atoms with Crippen LogP contribution in [0.1, 0.15) is 17.4 Å². The van der Waals surface area contributed by atoms with E-state index in [2.05, 4.69) is 10.5 Å². The van der Waals surface area contributed by atoms with Crippen LogP contribution in [0.5, 0.6) is 0 Å². The lowest BCUT2D eigenvalue weighted by atomic mass is 10.1. The summed E-state index contributed by atoms with van der Waals surface area (Å²) in [6, 6.07) is 16.8. The number of oxime groups is 1. The van der Waals surface area contributed by atoms with E-state index in [9.17, 15) is 13.2 Å². The maximum atomic E-state index is 12.1. The summed E-state index contributed by atoms with van der Waals surface area (Å²) in [5.74, 6) is 0.592. The highest BCUT2D eigenvalue weighted by molar-refractivity contribution is 7.85. The SMILES string of the molecule is CS(=O)(=O)OCC1CN(c2ccc(C3=NOC(c4ccccc4)N3)cc2)C(=O)O1. The first-order valence-electron chi connectivity index (χ1n) is 8.87. The maximum absolute atomic E-state index is 12.1. The van der Waals surface area contributed by atoms with Crippen molar-refractivity contribution in [3.8, 4) is 0 Å². The number of ether oxygens (including phenoxy) is 1. The molecule has 2 aromatic carbocycles. The molecule has 10 heteroatoms. The molecule has 29 heavy (non-hydrogen) atoms. The molecule has 4 rings (SSSR count). The number of anilines is 1. The number of benzene rings is 2. The number of nitrogens with zero attached hydrogens (tertiary/aromatic N) is 2. The monoisotopic (exact) mass is 417 g/mol. The molecule has 1 saturated heterocycles. The van der Waals surface area contributed by atoms with Crippen LogP contribution in [-0.2, 0) is 23.9 Å². The molecule has 1 amide bonds. The molecule has 0 saturated carbocycles. The molecule has 0 aromatic heterocycles. The lowest BCUT2D eigenvalue weighted by molar-refractivity contribution is 0.0729. The highest BCUT2D eigenvalue weighted by Gasteiger charge is 2.33. The van der Waals surface area contributed by atoms with E-state index >= 15 is 0 Å². The van der Waals surface area contributed by atoms with Crippen molar-refractivity contribution in [2.45, 2.75) is 12.3 Å². The fourth-order valence-corrected chi connectivity index (χ4v) is 3.41. The van der Waals surface area contributed by atoms with E-state index in [0.717, 1.165) is 17.4 Å². The van der Waals surface area contributed by atoms with E-state index < -0.39 is 22.3 Å². The molecule has 2 heterocycles. The Balaban J connectivity index is 1.39. The van der Waals surface area contributed by atoms with Crippen LogP contribution < -0.4 is 10.2 Å². The third kappa shape index (κ3) is 4.49. The molecule has 1 fully saturated rings. The number of rotatable bonds is 6. The van der Waals surface area contributed by atoms with Crippen molar-refractivity contribution < 1.29 is 27.0 Å². The topological polar surface area (TPSA) is 107 Å². The van der Waals surface area contributed by atoms with Crippen LogP contribution in [0.25, 0.3) is 0 Å². The fourth-order valence-electron chi connectivity index (χ4n) is 3.01. The molecule has 2 atom stereocenters. The van der Waals surface area contributed by atoms with Gasteiger partial charge in [0, 0.05) is 16.8 Å². The van der Waals surface area contributed by atoms with Crippen molar-refractivity contribution in [1.29, 1.82) is 0 Å². The van der Waals surface area contributed by atoms with Crippen molar-refractivity contribution in [3.05, 3.63) is 65.7 Å². The highest BCUT2D eigenvalue weighted by atomic mass is 32.2. The van der Waals surface area contributed by atoms with Crippen molar-refractivity contribution in [3.63, 3.8) is 0 Å². The quantitative estimate of drug-likeness (QED) is 0.716. The Morgan fingerprint density at radius 1 is 1.17 bits per heavy atom. The van der Waals surface area contributed by atoms with Gasteiger partial charge < -0.3 is 14.9 Å². The molecule has 1 N–H and O–H groups in total. The van der Waals surface area contributed by atoms with Crippen LogP contribution in [0.3, 0.4) is 0 Å². The van der Waals surface area contributed by atoms with Gasteiger partial charge in [-0.3, -0.25) is 9.08 Å². The number of cyclic esters (lactones) is 1. The predicted octanol–water partition coefficient (Wildman–Crippen LogP) is 1.97. The standard InChI is InChI=1S/C19H19N3O6S/c1-29(24,25)26-12-16-11-22(19(23)27-16)15-9-7-13(8-10-15)17-20-18(28-21-17)14-5-3-2-4-6-14/h2-10,16,18H,11-12H2,1H3,(H,20,21). The molecular formula is C19H19N3O6S. The van der Waals surface area contributed by atoms with Crippen LogP contribution >= 0.6 is 0 Å². The minimum absolute atomic E-state index is 0.200. The summed E-state index contributed by atoms with van der Waals surface area (Å²) in [5, 5.41) is 7.30.